The minimum absolute atomic E-state index is 0.150. The molecule has 3 rings (SSSR count). The van der Waals surface area contributed by atoms with Crippen LogP contribution in [0.3, 0.4) is 0 Å². The van der Waals surface area contributed by atoms with Crippen molar-refractivity contribution < 1.29 is 9.59 Å². The van der Waals surface area contributed by atoms with Gasteiger partial charge in [0.15, 0.2) is 0 Å². The van der Waals surface area contributed by atoms with Crippen molar-refractivity contribution in [3.05, 3.63) is 89.2 Å². The second-order valence-corrected chi connectivity index (χ2v) is 5.85. The Labute approximate surface area is 150 Å². The van der Waals surface area contributed by atoms with Gasteiger partial charge in [0.05, 0.1) is 17.7 Å². The highest BCUT2D eigenvalue weighted by Crippen LogP contribution is 2.14. The van der Waals surface area contributed by atoms with Crippen LogP contribution in [0.15, 0.2) is 73.1 Å². The minimum Gasteiger partial charge on any atom is -0.323 e. The fourth-order valence-corrected chi connectivity index (χ4v) is 2.54. The number of carbonyl (C=O) groups is 2. The lowest BCUT2D eigenvalue weighted by molar-refractivity contribution is -0.121. The van der Waals surface area contributed by atoms with Gasteiger partial charge < -0.3 is 4.57 Å². The third-order valence-corrected chi connectivity index (χ3v) is 3.88. The van der Waals surface area contributed by atoms with Gasteiger partial charge in [-0.1, -0.05) is 35.9 Å². The highest BCUT2D eigenvalue weighted by Gasteiger charge is 2.13. The lowest BCUT2D eigenvalue weighted by atomic mass is 10.1. The van der Waals surface area contributed by atoms with Crippen LogP contribution in [-0.2, 0) is 11.2 Å². The highest BCUT2D eigenvalue weighted by molar-refractivity contribution is 6.30. The molecule has 2 aromatic carbocycles. The summed E-state index contributed by atoms with van der Waals surface area (Å²) < 4.78 is 1.84. The number of nitrogens with zero attached hydrogens (tertiary/aromatic N) is 1. The zero-order valence-corrected chi connectivity index (χ0v) is 14.0. The lowest BCUT2D eigenvalue weighted by Gasteiger charge is -2.12. The van der Waals surface area contributed by atoms with Crippen molar-refractivity contribution in [1.82, 2.24) is 15.4 Å². The van der Waals surface area contributed by atoms with Gasteiger partial charge in [-0.15, -0.1) is 0 Å². The third kappa shape index (κ3) is 4.28. The molecule has 0 radical (unpaired) electrons. The molecular weight excluding hydrogens is 338 g/mol. The van der Waals surface area contributed by atoms with Crippen LogP contribution in [-0.4, -0.2) is 16.4 Å². The molecule has 126 valence electrons. The Morgan fingerprint density at radius 3 is 2.28 bits per heavy atom. The maximum atomic E-state index is 12.4. The van der Waals surface area contributed by atoms with E-state index in [1.165, 1.54) is 0 Å². The van der Waals surface area contributed by atoms with Crippen LogP contribution < -0.4 is 10.9 Å². The molecule has 0 aliphatic carbocycles. The molecule has 1 heterocycles. The predicted octanol–water partition coefficient (Wildman–Crippen LogP) is 3.13. The van der Waals surface area contributed by atoms with Crippen LogP contribution in [0, 0.1) is 0 Å². The summed E-state index contributed by atoms with van der Waals surface area (Å²) in [6.07, 6.45) is 3.85. The Hall–Kier alpha value is -3.05. The first-order chi connectivity index (χ1) is 12.1. The van der Waals surface area contributed by atoms with Crippen LogP contribution in [0.5, 0.6) is 0 Å². The SMILES string of the molecule is O=C(Cc1ccc(Cl)cc1)NNC(=O)c1ccccc1-n1cccc1. The van der Waals surface area contributed by atoms with Crippen molar-refractivity contribution in [1.29, 1.82) is 0 Å². The van der Waals surface area contributed by atoms with Gasteiger partial charge in [0.2, 0.25) is 5.91 Å². The minimum atomic E-state index is -0.381. The molecule has 1 aromatic heterocycles. The Morgan fingerprint density at radius 2 is 1.56 bits per heavy atom. The Bertz CT molecular complexity index is 874. The second-order valence-electron chi connectivity index (χ2n) is 5.41. The normalized spacial score (nSPS) is 10.3. The molecule has 0 fully saturated rings. The van der Waals surface area contributed by atoms with E-state index in [9.17, 15) is 9.59 Å². The molecular formula is C19H16ClN3O2. The van der Waals surface area contributed by atoms with E-state index in [0.717, 1.165) is 11.3 Å². The molecule has 6 heteroatoms. The molecule has 0 aliphatic rings. The van der Waals surface area contributed by atoms with Crippen LogP contribution >= 0.6 is 11.6 Å². The van der Waals surface area contributed by atoms with Crippen LogP contribution in [0.1, 0.15) is 15.9 Å². The molecule has 0 spiro atoms. The van der Waals surface area contributed by atoms with Crippen molar-refractivity contribution in [2.45, 2.75) is 6.42 Å². The van der Waals surface area contributed by atoms with E-state index in [0.29, 0.717) is 10.6 Å². The molecule has 0 bridgehead atoms. The van der Waals surface area contributed by atoms with Crippen molar-refractivity contribution >= 4 is 23.4 Å². The number of halogens is 1. The maximum absolute atomic E-state index is 12.4. The summed E-state index contributed by atoms with van der Waals surface area (Å²) in [5.74, 6) is -0.692. The van der Waals surface area contributed by atoms with E-state index in [-0.39, 0.29) is 18.2 Å². The molecule has 25 heavy (non-hydrogen) atoms. The molecule has 2 amide bonds. The number of aromatic nitrogens is 1. The summed E-state index contributed by atoms with van der Waals surface area (Å²) in [4.78, 5) is 24.4. The van der Waals surface area contributed by atoms with E-state index in [1.807, 2.05) is 41.2 Å². The fraction of sp³-hybridized carbons (Fsp3) is 0.0526. The van der Waals surface area contributed by atoms with Crippen LogP contribution in [0.4, 0.5) is 0 Å². The molecule has 0 saturated heterocycles. The first-order valence-corrected chi connectivity index (χ1v) is 8.07. The fourth-order valence-electron chi connectivity index (χ4n) is 2.41. The first kappa shape index (κ1) is 16.8. The third-order valence-electron chi connectivity index (χ3n) is 3.62. The topological polar surface area (TPSA) is 63.1 Å². The number of para-hydroxylation sites is 1. The monoisotopic (exact) mass is 353 g/mol. The van der Waals surface area contributed by atoms with Crippen molar-refractivity contribution in [3.8, 4) is 5.69 Å². The summed E-state index contributed by atoms with van der Waals surface area (Å²) in [5.41, 5.74) is 6.90. The van der Waals surface area contributed by atoms with Crippen molar-refractivity contribution in [2.24, 2.45) is 0 Å². The molecule has 5 nitrogen and oxygen atoms in total. The molecule has 2 N–H and O–H groups in total. The van der Waals surface area contributed by atoms with Crippen LogP contribution in [0.2, 0.25) is 5.02 Å². The Balaban J connectivity index is 1.63. The van der Waals surface area contributed by atoms with E-state index >= 15 is 0 Å². The molecule has 0 aliphatic heterocycles. The maximum Gasteiger partial charge on any atom is 0.271 e. The number of hydrazine groups is 1. The number of nitrogens with one attached hydrogen (secondary N) is 2. The van der Waals surface area contributed by atoms with Crippen molar-refractivity contribution in [3.63, 3.8) is 0 Å². The predicted molar refractivity (Wildman–Crippen MR) is 96.5 cm³/mol. The van der Waals surface area contributed by atoms with Crippen molar-refractivity contribution in [2.75, 3.05) is 0 Å². The van der Waals surface area contributed by atoms with Gasteiger partial charge in [-0.05, 0) is 42.0 Å². The molecule has 0 unspecified atom stereocenters. The summed E-state index contributed by atoms with van der Waals surface area (Å²) >= 11 is 5.82. The quantitative estimate of drug-likeness (QED) is 0.708. The standard InChI is InChI=1S/C19H16ClN3O2/c20-15-9-7-14(8-10-15)13-18(24)21-22-19(25)16-5-1-2-6-17(16)23-11-3-4-12-23/h1-12H,13H2,(H,21,24)(H,22,25). The zero-order chi connectivity index (χ0) is 17.6. The van der Waals surface area contributed by atoms with E-state index in [1.54, 1.807) is 36.4 Å². The molecule has 0 saturated carbocycles. The smallest absolute Gasteiger partial charge is 0.271 e. The van der Waals surface area contributed by atoms with Gasteiger partial charge >= 0.3 is 0 Å². The van der Waals surface area contributed by atoms with E-state index in [2.05, 4.69) is 10.9 Å². The van der Waals surface area contributed by atoms with E-state index in [4.69, 9.17) is 11.6 Å². The number of benzene rings is 2. The van der Waals surface area contributed by atoms with Gasteiger partial charge in [-0.3, -0.25) is 20.4 Å². The average Bonchev–Trinajstić information content (AvgIpc) is 3.16. The van der Waals surface area contributed by atoms with Gasteiger partial charge in [-0.2, -0.15) is 0 Å². The van der Waals surface area contributed by atoms with Gasteiger partial charge in [-0.25, -0.2) is 0 Å². The summed E-state index contributed by atoms with van der Waals surface area (Å²) in [6, 6.07) is 17.9. The average molecular weight is 354 g/mol. The lowest BCUT2D eigenvalue weighted by Crippen LogP contribution is -2.42. The van der Waals surface area contributed by atoms with Gasteiger partial charge in [0.1, 0.15) is 0 Å². The molecule has 3 aromatic rings. The highest BCUT2D eigenvalue weighted by atomic mass is 35.5. The largest absolute Gasteiger partial charge is 0.323 e. The number of amides is 2. The number of hydrogen-bond acceptors (Lipinski definition) is 2. The first-order valence-electron chi connectivity index (χ1n) is 7.69. The zero-order valence-electron chi connectivity index (χ0n) is 13.3. The van der Waals surface area contributed by atoms with Gasteiger partial charge in [0, 0.05) is 17.4 Å². The number of carbonyl (C=O) groups excluding carboxylic acids is 2. The molecule has 0 atom stereocenters. The second kappa shape index (κ2) is 7.68. The summed E-state index contributed by atoms with van der Waals surface area (Å²) in [7, 11) is 0. The van der Waals surface area contributed by atoms with Gasteiger partial charge in [0.25, 0.3) is 5.91 Å². The van der Waals surface area contributed by atoms with Crippen LogP contribution in [0.25, 0.3) is 5.69 Å². The van der Waals surface area contributed by atoms with E-state index < -0.39 is 0 Å². The number of hydrogen-bond donors (Lipinski definition) is 2. The summed E-state index contributed by atoms with van der Waals surface area (Å²) in [5, 5.41) is 0.610. The summed E-state index contributed by atoms with van der Waals surface area (Å²) in [6.45, 7) is 0. The Morgan fingerprint density at radius 1 is 0.880 bits per heavy atom. The number of rotatable bonds is 4. The Kier molecular flexibility index (Phi) is 5.16.